The number of carbonyl (C=O) groups excluding carboxylic acids is 1. The fourth-order valence-electron chi connectivity index (χ4n) is 3.51. The number of aromatic nitrogens is 1. The number of amides is 1. The van der Waals surface area contributed by atoms with Crippen LogP contribution in [0.1, 0.15) is 22.5 Å². The molecule has 0 fully saturated rings. The summed E-state index contributed by atoms with van der Waals surface area (Å²) in [7, 11) is -3.69. The van der Waals surface area contributed by atoms with Crippen LogP contribution in [0.5, 0.6) is 0 Å². The molecule has 0 atom stereocenters. The van der Waals surface area contributed by atoms with Gasteiger partial charge in [-0.05, 0) is 62.7 Å². The Morgan fingerprint density at radius 1 is 1.12 bits per heavy atom. The number of carbonyl (C=O) groups is 1. The van der Waals surface area contributed by atoms with Crippen molar-refractivity contribution in [2.24, 2.45) is 5.10 Å². The van der Waals surface area contributed by atoms with E-state index in [1.165, 1.54) is 0 Å². The molecule has 2 aromatic carbocycles. The number of hydrazone groups is 1. The molecule has 7 nitrogen and oxygen atoms in total. The quantitative estimate of drug-likeness (QED) is 0.417. The van der Waals surface area contributed by atoms with Gasteiger partial charge in [0.05, 0.1) is 18.2 Å². The van der Waals surface area contributed by atoms with Crippen LogP contribution in [0, 0.1) is 20.8 Å². The minimum Gasteiger partial charge on any atom is -0.318 e. The lowest BCUT2D eigenvalue weighted by molar-refractivity contribution is -0.119. The number of aryl methyl sites for hydroxylation is 2. The Hall–Kier alpha value is -3.10. The van der Waals surface area contributed by atoms with Gasteiger partial charge in [-0.3, -0.25) is 9.10 Å². The fourth-order valence-corrected chi connectivity index (χ4v) is 4.65. The van der Waals surface area contributed by atoms with Gasteiger partial charge in [0.1, 0.15) is 6.54 Å². The summed E-state index contributed by atoms with van der Waals surface area (Å²) in [6.45, 7) is 5.30. The normalized spacial score (nSPS) is 11.7. The zero-order valence-corrected chi connectivity index (χ0v) is 19.9. The summed E-state index contributed by atoms with van der Waals surface area (Å²) >= 11 is 5.96. The molecule has 0 aliphatic carbocycles. The van der Waals surface area contributed by atoms with Gasteiger partial charge in [-0.1, -0.05) is 29.8 Å². The lowest BCUT2D eigenvalue weighted by atomic mass is 10.2. The number of hydrogen-bond donors (Lipinski definition) is 1. The highest BCUT2D eigenvalue weighted by molar-refractivity contribution is 7.92. The van der Waals surface area contributed by atoms with E-state index in [4.69, 9.17) is 11.6 Å². The van der Waals surface area contributed by atoms with Crippen molar-refractivity contribution in [2.45, 2.75) is 20.8 Å². The first-order valence-corrected chi connectivity index (χ1v) is 12.1. The Balaban J connectivity index is 1.75. The predicted octanol–water partition coefficient (Wildman–Crippen LogP) is 3.97. The van der Waals surface area contributed by atoms with E-state index in [9.17, 15) is 13.2 Å². The zero-order chi connectivity index (χ0) is 23.5. The van der Waals surface area contributed by atoms with Crippen LogP contribution in [0.15, 0.2) is 59.7 Å². The van der Waals surface area contributed by atoms with Crippen LogP contribution in [0.3, 0.4) is 0 Å². The zero-order valence-electron chi connectivity index (χ0n) is 18.3. The maximum Gasteiger partial charge on any atom is 0.260 e. The van der Waals surface area contributed by atoms with Crippen LogP contribution in [0.2, 0.25) is 5.02 Å². The topological polar surface area (TPSA) is 83.8 Å². The van der Waals surface area contributed by atoms with E-state index < -0.39 is 22.5 Å². The van der Waals surface area contributed by atoms with Crippen molar-refractivity contribution in [1.82, 2.24) is 9.99 Å². The molecule has 9 heteroatoms. The van der Waals surface area contributed by atoms with Gasteiger partial charge in [0.25, 0.3) is 5.91 Å². The number of nitrogens with zero attached hydrogens (tertiary/aromatic N) is 3. The van der Waals surface area contributed by atoms with Crippen molar-refractivity contribution in [3.05, 3.63) is 82.1 Å². The average molecular weight is 473 g/mol. The second-order valence-electron chi connectivity index (χ2n) is 7.49. The SMILES string of the molecule is Cc1cc(Cl)ccc1N(CC(=O)N/N=C\c1cc(C)n(-c2ccccc2)c1C)S(C)(=O)=O. The first-order valence-electron chi connectivity index (χ1n) is 9.88. The number of hydrogen-bond acceptors (Lipinski definition) is 4. The molecule has 0 radical (unpaired) electrons. The third-order valence-electron chi connectivity index (χ3n) is 4.99. The van der Waals surface area contributed by atoms with E-state index in [2.05, 4.69) is 15.1 Å². The lowest BCUT2D eigenvalue weighted by Crippen LogP contribution is -2.39. The number of nitrogens with one attached hydrogen (secondary N) is 1. The van der Waals surface area contributed by atoms with Crippen LogP contribution in [0.4, 0.5) is 5.69 Å². The number of halogens is 1. The van der Waals surface area contributed by atoms with Gasteiger partial charge >= 0.3 is 0 Å². The smallest absolute Gasteiger partial charge is 0.260 e. The Morgan fingerprint density at radius 2 is 1.81 bits per heavy atom. The van der Waals surface area contributed by atoms with Crippen LogP contribution >= 0.6 is 11.6 Å². The highest BCUT2D eigenvalue weighted by atomic mass is 35.5. The van der Waals surface area contributed by atoms with E-state index in [-0.39, 0.29) is 0 Å². The molecule has 0 aliphatic rings. The van der Waals surface area contributed by atoms with Crippen molar-refractivity contribution in [3.63, 3.8) is 0 Å². The van der Waals surface area contributed by atoms with Crippen molar-refractivity contribution < 1.29 is 13.2 Å². The molecule has 32 heavy (non-hydrogen) atoms. The monoisotopic (exact) mass is 472 g/mol. The van der Waals surface area contributed by atoms with E-state index in [0.717, 1.165) is 33.2 Å². The van der Waals surface area contributed by atoms with Crippen LogP contribution in [0.25, 0.3) is 5.69 Å². The Bertz CT molecular complexity index is 1270. The second-order valence-corrected chi connectivity index (χ2v) is 9.83. The average Bonchev–Trinajstić information content (AvgIpc) is 3.00. The first-order chi connectivity index (χ1) is 15.1. The molecule has 1 aromatic heterocycles. The minimum absolute atomic E-state index is 0.391. The van der Waals surface area contributed by atoms with Gasteiger partial charge in [0, 0.05) is 27.7 Å². The number of anilines is 1. The van der Waals surface area contributed by atoms with E-state index in [1.54, 1.807) is 31.3 Å². The van der Waals surface area contributed by atoms with Crippen molar-refractivity contribution in [2.75, 3.05) is 17.1 Å². The molecule has 0 spiro atoms. The number of sulfonamides is 1. The summed E-state index contributed by atoms with van der Waals surface area (Å²) < 4.78 is 27.7. The number of benzene rings is 2. The van der Waals surface area contributed by atoms with Crippen molar-refractivity contribution in [1.29, 1.82) is 0 Å². The molecule has 1 amide bonds. The molecular formula is C23H25ClN4O3S. The molecule has 0 unspecified atom stereocenters. The summed E-state index contributed by atoms with van der Waals surface area (Å²) in [5.41, 5.74) is 7.34. The van der Waals surface area contributed by atoms with Crippen LogP contribution < -0.4 is 9.73 Å². The largest absolute Gasteiger partial charge is 0.318 e. The Labute approximate surface area is 193 Å². The summed E-state index contributed by atoms with van der Waals surface area (Å²) in [5.74, 6) is -0.558. The molecule has 0 aliphatic heterocycles. The molecule has 0 saturated heterocycles. The molecule has 3 aromatic rings. The third kappa shape index (κ3) is 5.38. The standard InChI is InChI=1S/C23H25ClN4O3S/c1-16-12-20(24)10-11-22(16)27(32(4,30)31)15-23(29)26-25-14-19-13-17(2)28(18(19)3)21-8-6-5-7-9-21/h5-14H,15H2,1-4H3,(H,26,29)/b25-14-. The Morgan fingerprint density at radius 3 is 2.44 bits per heavy atom. The highest BCUT2D eigenvalue weighted by Crippen LogP contribution is 2.25. The summed E-state index contributed by atoms with van der Waals surface area (Å²) in [4.78, 5) is 12.5. The van der Waals surface area contributed by atoms with E-state index in [0.29, 0.717) is 16.3 Å². The molecule has 3 rings (SSSR count). The number of para-hydroxylation sites is 1. The molecule has 1 N–H and O–H groups in total. The van der Waals surface area contributed by atoms with Gasteiger partial charge in [-0.2, -0.15) is 5.10 Å². The third-order valence-corrected chi connectivity index (χ3v) is 6.35. The molecular weight excluding hydrogens is 448 g/mol. The summed E-state index contributed by atoms with van der Waals surface area (Å²) in [5, 5.41) is 4.52. The minimum atomic E-state index is -3.69. The van der Waals surface area contributed by atoms with Gasteiger partial charge in [0.2, 0.25) is 10.0 Å². The second kappa shape index (κ2) is 9.58. The van der Waals surface area contributed by atoms with Gasteiger partial charge < -0.3 is 4.57 Å². The lowest BCUT2D eigenvalue weighted by Gasteiger charge is -2.23. The summed E-state index contributed by atoms with van der Waals surface area (Å²) in [6.07, 6.45) is 2.61. The predicted molar refractivity (Wildman–Crippen MR) is 129 cm³/mol. The highest BCUT2D eigenvalue weighted by Gasteiger charge is 2.22. The van der Waals surface area contributed by atoms with E-state index in [1.807, 2.05) is 50.2 Å². The molecule has 0 saturated carbocycles. The van der Waals surface area contributed by atoms with Gasteiger partial charge in [-0.15, -0.1) is 0 Å². The van der Waals surface area contributed by atoms with Crippen LogP contribution in [-0.4, -0.2) is 37.9 Å². The van der Waals surface area contributed by atoms with Crippen LogP contribution in [-0.2, 0) is 14.8 Å². The van der Waals surface area contributed by atoms with E-state index >= 15 is 0 Å². The summed E-state index contributed by atoms with van der Waals surface area (Å²) in [6, 6.07) is 16.7. The fraction of sp³-hybridized carbons (Fsp3) is 0.217. The Kier molecular flexibility index (Phi) is 7.06. The van der Waals surface area contributed by atoms with Gasteiger partial charge in [-0.25, -0.2) is 13.8 Å². The first kappa shape index (κ1) is 23.6. The molecule has 0 bridgehead atoms. The maximum atomic E-state index is 12.5. The molecule has 168 valence electrons. The van der Waals surface area contributed by atoms with Gasteiger partial charge in [0.15, 0.2) is 0 Å². The molecule has 1 heterocycles. The maximum absolute atomic E-state index is 12.5. The number of rotatable bonds is 7. The van der Waals surface area contributed by atoms with Crippen molar-refractivity contribution in [3.8, 4) is 5.69 Å². The van der Waals surface area contributed by atoms with Crippen molar-refractivity contribution >= 4 is 39.4 Å².